The molecule has 42 heavy (non-hydrogen) atoms. The predicted molar refractivity (Wildman–Crippen MR) is 156 cm³/mol. The van der Waals surface area contributed by atoms with Crippen LogP contribution in [0.1, 0.15) is 59.2 Å². The van der Waals surface area contributed by atoms with E-state index in [1.807, 2.05) is 48.5 Å². The Labute approximate surface area is 247 Å². The summed E-state index contributed by atoms with van der Waals surface area (Å²) in [6.07, 6.45) is 2.93. The van der Waals surface area contributed by atoms with Gasteiger partial charge in [0.25, 0.3) is 11.5 Å². The maximum absolute atomic E-state index is 13.8. The number of nitrogens with one attached hydrogen (secondary N) is 1. The average molecular weight is 588 g/mol. The molecule has 3 heterocycles. The maximum Gasteiger partial charge on any atom is 0.277 e. The molecule has 0 spiro atoms. The third-order valence-corrected chi connectivity index (χ3v) is 7.22. The molecule has 11 nitrogen and oxygen atoms in total. The summed E-state index contributed by atoms with van der Waals surface area (Å²) in [5.74, 6) is 0.636. The predicted octanol–water partition coefficient (Wildman–Crippen LogP) is 4.93. The van der Waals surface area contributed by atoms with Crippen molar-refractivity contribution in [2.75, 3.05) is 14.2 Å². The van der Waals surface area contributed by atoms with Crippen LogP contribution in [-0.4, -0.2) is 50.2 Å². The van der Waals surface area contributed by atoms with E-state index in [1.54, 1.807) is 10.6 Å². The zero-order valence-corrected chi connectivity index (χ0v) is 24.2. The highest BCUT2D eigenvalue weighted by Gasteiger charge is 2.29. The Morgan fingerprint density at radius 1 is 1.10 bits per heavy atom. The van der Waals surface area contributed by atoms with Gasteiger partial charge in [0, 0.05) is 38.8 Å². The van der Waals surface area contributed by atoms with Crippen molar-refractivity contribution in [2.45, 2.75) is 39.0 Å². The first-order valence-corrected chi connectivity index (χ1v) is 13.8. The zero-order valence-electron chi connectivity index (χ0n) is 23.5. The number of imidazole rings is 1. The van der Waals surface area contributed by atoms with Gasteiger partial charge >= 0.3 is 0 Å². The lowest BCUT2D eigenvalue weighted by Gasteiger charge is -2.15. The van der Waals surface area contributed by atoms with Crippen LogP contribution < -0.4 is 4.73 Å². The lowest BCUT2D eigenvalue weighted by molar-refractivity contribution is -0.608. The van der Waals surface area contributed by atoms with Gasteiger partial charge in [0.15, 0.2) is 23.5 Å². The van der Waals surface area contributed by atoms with Gasteiger partial charge < -0.3 is 19.2 Å². The minimum Gasteiger partial charge on any atom is -0.618 e. The molecule has 0 saturated heterocycles. The SMILES string of the molecule is CCCCc1nc(Cl)c(C(=O)c2ccc(C(OC)OC)c[n+]2[O-])n1Cc1ccc(-c2ccccc2)c(-c2nnn[nH]2)c1. The van der Waals surface area contributed by atoms with Crippen molar-refractivity contribution in [3.63, 3.8) is 0 Å². The van der Waals surface area contributed by atoms with Gasteiger partial charge in [-0.3, -0.25) is 4.79 Å². The molecule has 1 N–H and O–H groups in total. The molecule has 216 valence electrons. The second kappa shape index (κ2) is 13.0. The van der Waals surface area contributed by atoms with Gasteiger partial charge in [0.05, 0.1) is 5.56 Å². The van der Waals surface area contributed by atoms with E-state index in [2.05, 4.69) is 32.5 Å². The summed E-state index contributed by atoms with van der Waals surface area (Å²) < 4.78 is 12.8. The number of aromatic nitrogens is 7. The number of aromatic amines is 1. The van der Waals surface area contributed by atoms with Crippen LogP contribution in [0.4, 0.5) is 0 Å². The Morgan fingerprint density at radius 3 is 2.55 bits per heavy atom. The van der Waals surface area contributed by atoms with Crippen LogP contribution in [0.5, 0.6) is 0 Å². The number of carbonyl (C=O) groups excluding carboxylic acids is 1. The molecule has 12 heteroatoms. The molecule has 0 atom stereocenters. The van der Waals surface area contributed by atoms with Gasteiger partial charge in [0.1, 0.15) is 11.5 Å². The molecule has 0 aliphatic rings. The minimum atomic E-state index is -0.739. The molecule has 0 bridgehead atoms. The van der Waals surface area contributed by atoms with Gasteiger partial charge in [-0.25, -0.2) is 10.1 Å². The van der Waals surface area contributed by atoms with Crippen LogP contribution in [0.3, 0.4) is 0 Å². The minimum absolute atomic E-state index is 0.0439. The summed E-state index contributed by atoms with van der Waals surface area (Å²) in [6.45, 7) is 2.37. The van der Waals surface area contributed by atoms with Crippen molar-refractivity contribution >= 4 is 17.4 Å². The zero-order chi connectivity index (χ0) is 29.6. The number of tetrazole rings is 1. The summed E-state index contributed by atoms with van der Waals surface area (Å²) in [6, 6.07) is 19.0. The Kier molecular flexibility index (Phi) is 9.01. The molecule has 0 amide bonds. The average Bonchev–Trinajstić information content (AvgIpc) is 3.65. The molecule has 5 rings (SSSR count). The second-order valence-corrected chi connectivity index (χ2v) is 10.0. The standard InChI is InChI=1S/C30H30ClN7O4/c1-4-5-11-25-32-28(31)26(27(39)24-15-13-21(18-38(24)40)30(41-2)42-3)37(25)17-19-12-14-22(20-9-7-6-8-10-20)23(16-19)29-33-35-36-34-29/h6-10,12-16,18,30H,4-5,11,17H2,1-3H3,(H,33,34,35,36). The number of unbranched alkanes of at least 4 members (excludes halogenated alkanes) is 1. The number of H-pyrrole nitrogens is 1. The summed E-state index contributed by atoms with van der Waals surface area (Å²) in [7, 11) is 2.94. The monoisotopic (exact) mass is 587 g/mol. The molecule has 0 aliphatic carbocycles. The largest absolute Gasteiger partial charge is 0.618 e. The molecular weight excluding hydrogens is 558 g/mol. The lowest BCUT2D eigenvalue weighted by Crippen LogP contribution is -2.36. The first-order chi connectivity index (χ1) is 20.4. The summed E-state index contributed by atoms with van der Waals surface area (Å²) in [5, 5.41) is 27.5. The van der Waals surface area contributed by atoms with E-state index >= 15 is 0 Å². The Bertz CT molecular complexity index is 1670. The molecule has 5 aromatic rings. The number of hydrogen-bond donors (Lipinski definition) is 1. The number of hydrogen-bond acceptors (Lipinski definition) is 8. The van der Waals surface area contributed by atoms with Crippen molar-refractivity contribution in [2.24, 2.45) is 0 Å². The molecule has 0 aliphatic heterocycles. The first-order valence-electron chi connectivity index (χ1n) is 13.5. The van der Waals surface area contributed by atoms with Crippen molar-refractivity contribution in [1.29, 1.82) is 0 Å². The lowest BCUT2D eigenvalue weighted by atomic mass is 9.97. The van der Waals surface area contributed by atoms with Gasteiger partial charge in [0.2, 0.25) is 0 Å². The molecule has 0 radical (unpaired) electrons. The van der Waals surface area contributed by atoms with Crippen molar-refractivity contribution < 1.29 is 19.0 Å². The number of methoxy groups -OCH3 is 2. The Hall–Kier alpha value is -4.45. The van der Waals surface area contributed by atoms with Gasteiger partial charge in [-0.15, -0.1) is 5.10 Å². The highest BCUT2D eigenvalue weighted by Crippen LogP contribution is 2.32. The van der Waals surface area contributed by atoms with Crippen LogP contribution in [0.15, 0.2) is 66.9 Å². The number of aryl methyl sites for hydroxylation is 1. The third kappa shape index (κ3) is 5.94. The Morgan fingerprint density at radius 2 is 1.88 bits per heavy atom. The molecule has 0 saturated carbocycles. The van der Waals surface area contributed by atoms with E-state index in [1.165, 1.54) is 26.5 Å². The van der Waals surface area contributed by atoms with E-state index in [4.69, 9.17) is 21.1 Å². The summed E-state index contributed by atoms with van der Waals surface area (Å²) >= 11 is 6.60. The summed E-state index contributed by atoms with van der Waals surface area (Å²) in [4.78, 5) is 18.4. The normalized spacial score (nSPS) is 11.4. The van der Waals surface area contributed by atoms with Crippen LogP contribution in [0, 0.1) is 5.21 Å². The van der Waals surface area contributed by atoms with Crippen LogP contribution in [0.2, 0.25) is 5.15 Å². The number of ether oxygens (including phenoxy) is 2. The fourth-order valence-corrected chi connectivity index (χ4v) is 5.18. The number of nitrogens with zero attached hydrogens (tertiary/aromatic N) is 6. The van der Waals surface area contributed by atoms with E-state index in [-0.39, 0.29) is 23.1 Å². The highest BCUT2D eigenvalue weighted by molar-refractivity contribution is 6.33. The quantitative estimate of drug-likeness (QED) is 0.0939. The number of halogens is 1. The first kappa shape index (κ1) is 29.1. The van der Waals surface area contributed by atoms with Crippen LogP contribution >= 0.6 is 11.6 Å². The molecule has 0 fully saturated rings. The van der Waals surface area contributed by atoms with Gasteiger partial charge in [-0.1, -0.05) is 67.4 Å². The number of carbonyl (C=O) groups is 1. The second-order valence-electron chi connectivity index (χ2n) is 9.66. The van der Waals surface area contributed by atoms with E-state index in [9.17, 15) is 10.0 Å². The third-order valence-electron chi connectivity index (χ3n) is 6.95. The molecule has 2 aromatic carbocycles. The van der Waals surface area contributed by atoms with E-state index in [0.717, 1.165) is 35.1 Å². The van der Waals surface area contributed by atoms with Gasteiger partial charge in [-0.05, 0) is 45.7 Å². The Balaban J connectivity index is 1.57. The summed E-state index contributed by atoms with van der Waals surface area (Å²) in [5.41, 5.74) is 4.15. The van der Waals surface area contributed by atoms with Crippen LogP contribution in [-0.2, 0) is 22.4 Å². The number of ketones is 1. The molecule has 0 unspecified atom stereocenters. The molecular formula is C30H30ClN7O4. The number of rotatable bonds is 12. The number of benzene rings is 2. The van der Waals surface area contributed by atoms with E-state index < -0.39 is 12.1 Å². The highest BCUT2D eigenvalue weighted by atomic mass is 35.5. The van der Waals surface area contributed by atoms with E-state index in [0.29, 0.717) is 28.4 Å². The van der Waals surface area contributed by atoms with Gasteiger partial charge in [-0.2, -0.15) is 4.73 Å². The smallest absolute Gasteiger partial charge is 0.277 e. The number of pyridine rings is 1. The van der Waals surface area contributed by atoms with Crippen LogP contribution in [0.25, 0.3) is 22.5 Å². The maximum atomic E-state index is 13.8. The van der Waals surface area contributed by atoms with Crippen molar-refractivity contribution in [1.82, 2.24) is 30.2 Å². The molecule has 3 aromatic heterocycles. The van der Waals surface area contributed by atoms with Crippen molar-refractivity contribution in [3.8, 4) is 22.5 Å². The topological polar surface area (TPSA) is 135 Å². The fourth-order valence-electron chi connectivity index (χ4n) is 4.89. The van der Waals surface area contributed by atoms with Crippen molar-refractivity contribution in [3.05, 3.63) is 106 Å². The fraction of sp³-hybridized carbons (Fsp3) is 0.267.